The van der Waals surface area contributed by atoms with Gasteiger partial charge in [-0.2, -0.15) is 0 Å². The molecule has 1 aromatic rings. The van der Waals surface area contributed by atoms with Crippen LogP contribution in [0.1, 0.15) is 38.2 Å². The molecule has 0 aliphatic rings. The molecule has 0 atom stereocenters. The van der Waals surface area contributed by atoms with E-state index in [1.807, 2.05) is 0 Å². The van der Waals surface area contributed by atoms with Gasteiger partial charge in [0.2, 0.25) is 0 Å². The molecule has 1 amide bonds. The number of amides is 1. The Balaban J connectivity index is 2.59. The third kappa shape index (κ3) is 3.73. The quantitative estimate of drug-likeness (QED) is 0.839. The zero-order valence-corrected chi connectivity index (χ0v) is 10.9. The minimum absolute atomic E-state index is 0.0729. The van der Waals surface area contributed by atoms with Gasteiger partial charge in [0.1, 0.15) is 5.69 Å². The summed E-state index contributed by atoms with van der Waals surface area (Å²) in [6.45, 7) is 9.19. The van der Waals surface area contributed by atoms with Gasteiger partial charge in [-0.15, -0.1) is 0 Å². The zero-order valence-electron chi connectivity index (χ0n) is 10.9. The first-order valence-electron chi connectivity index (χ1n) is 5.82. The maximum Gasteiger partial charge on any atom is 0.269 e. The molecule has 94 valence electrons. The SMILES string of the molecule is CC(C)C(C)(C)CNC(=O)c1ccc(N)cn1. The van der Waals surface area contributed by atoms with Crippen LogP contribution in [0.5, 0.6) is 0 Å². The minimum Gasteiger partial charge on any atom is -0.397 e. The van der Waals surface area contributed by atoms with Crippen LogP contribution < -0.4 is 11.1 Å². The zero-order chi connectivity index (χ0) is 13.1. The molecular formula is C13H21N3O. The van der Waals surface area contributed by atoms with E-state index in [0.29, 0.717) is 23.8 Å². The van der Waals surface area contributed by atoms with Gasteiger partial charge in [-0.1, -0.05) is 27.7 Å². The number of pyridine rings is 1. The average Bonchev–Trinajstić information content (AvgIpc) is 2.27. The number of nitrogens with zero attached hydrogens (tertiary/aromatic N) is 1. The first-order valence-corrected chi connectivity index (χ1v) is 5.82. The molecule has 0 aliphatic carbocycles. The first-order chi connectivity index (χ1) is 7.83. The summed E-state index contributed by atoms with van der Waals surface area (Å²) in [6.07, 6.45) is 1.49. The van der Waals surface area contributed by atoms with Gasteiger partial charge < -0.3 is 11.1 Å². The highest BCUT2D eigenvalue weighted by atomic mass is 16.1. The van der Waals surface area contributed by atoms with Crippen LogP contribution in [0.4, 0.5) is 5.69 Å². The van der Waals surface area contributed by atoms with E-state index in [1.165, 1.54) is 6.20 Å². The van der Waals surface area contributed by atoms with Crippen molar-refractivity contribution in [1.82, 2.24) is 10.3 Å². The fourth-order valence-electron chi connectivity index (χ4n) is 1.14. The van der Waals surface area contributed by atoms with Crippen molar-refractivity contribution >= 4 is 11.6 Å². The number of aromatic nitrogens is 1. The summed E-state index contributed by atoms with van der Waals surface area (Å²) in [5, 5.41) is 2.90. The number of nitrogens with two attached hydrogens (primary N) is 1. The lowest BCUT2D eigenvalue weighted by Gasteiger charge is -2.29. The Morgan fingerprint density at radius 3 is 2.59 bits per heavy atom. The topological polar surface area (TPSA) is 68.0 Å². The van der Waals surface area contributed by atoms with Gasteiger partial charge in [-0.3, -0.25) is 4.79 Å². The molecule has 4 heteroatoms. The molecule has 0 unspecified atom stereocenters. The summed E-state index contributed by atoms with van der Waals surface area (Å²) >= 11 is 0. The molecule has 1 heterocycles. The van der Waals surface area contributed by atoms with Crippen LogP contribution >= 0.6 is 0 Å². The Kier molecular flexibility index (Phi) is 4.10. The molecule has 0 spiro atoms. The fourth-order valence-corrected chi connectivity index (χ4v) is 1.14. The maximum absolute atomic E-state index is 11.8. The van der Waals surface area contributed by atoms with Gasteiger partial charge >= 0.3 is 0 Å². The van der Waals surface area contributed by atoms with Crippen LogP contribution in [0.3, 0.4) is 0 Å². The number of hydrogen-bond donors (Lipinski definition) is 2. The highest BCUT2D eigenvalue weighted by molar-refractivity contribution is 5.92. The second kappa shape index (κ2) is 5.17. The smallest absolute Gasteiger partial charge is 0.269 e. The molecule has 0 saturated carbocycles. The summed E-state index contributed by atoms with van der Waals surface area (Å²) in [5.41, 5.74) is 6.55. The largest absolute Gasteiger partial charge is 0.397 e. The van der Waals surface area contributed by atoms with E-state index >= 15 is 0 Å². The molecule has 0 fully saturated rings. The van der Waals surface area contributed by atoms with Crippen molar-refractivity contribution in [3.8, 4) is 0 Å². The Morgan fingerprint density at radius 2 is 2.12 bits per heavy atom. The predicted octanol–water partition coefficient (Wildman–Crippen LogP) is 2.08. The second-order valence-electron chi connectivity index (χ2n) is 5.30. The van der Waals surface area contributed by atoms with Crippen LogP contribution in [0.2, 0.25) is 0 Å². The predicted molar refractivity (Wildman–Crippen MR) is 69.6 cm³/mol. The number of nitrogens with one attached hydrogen (secondary N) is 1. The number of anilines is 1. The summed E-state index contributed by atoms with van der Waals surface area (Å²) in [6, 6.07) is 3.31. The van der Waals surface area contributed by atoms with Gasteiger partial charge in [-0.05, 0) is 23.5 Å². The highest BCUT2D eigenvalue weighted by Crippen LogP contribution is 2.24. The van der Waals surface area contributed by atoms with E-state index in [2.05, 4.69) is 38.0 Å². The van der Waals surface area contributed by atoms with E-state index in [9.17, 15) is 4.79 Å². The van der Waals surface area contributed by atoms with Crippen LogP contribution in [0.25, 0.3) is 0 Å². The summed E-state index contributed by atoms with van der Waals surface area (Å²) < 4.78 is 0. The van der Waals surface area contributed by atoms with Crippen molar-refractivity contribution in [2.45, 2.75) is 27.7 Å². The van der Waals surface area contributed by atoms with E-state index < -0.39 is 0 Å². The molecule has 4 nitrogen and oxygen atoms in total. The van der Waals surface area contributed by atoms with Crippen LogP contribution in [-0.2, 0) is 0 Å². The standard InChI is InChI=1S/C13H21N3O/c1-9(2)13(3,4)8-16-12(17)11-6-5-10(14)7-15-11/h5-7,9H,8,14H2,1-4H3,(H,16,17). The second-order valence-corrected chi connectivity index (χ2v) is 5.30. The summed E-state index contributed by atoms with van der Waals surface area (Å²) in [5.74, 6) is 0.348. The Labute approximate surface area is 103 Å². The van der Waals surface area contributed by atoms with E-state index in [0.717, 1.165) is 0 Å². The van der Waals surface area contributed by atoms with Crippen molar-refractivity contribution in [3.05, 3.63) is 24.0 Å². The van der Waals surface area contributed by atoms with Gasteiger partial charge in [0, 0.05) is 6.54 Å². The molecule has 0 aliphatic heterocycles. The first kappa shape index (κ1) is 13.5. The van der Waals surface area contributed by atoms with E-state index in [1.54, 1.807) is 12.1 Å². The molecule has 1 aromatic heterocycles. The lowest BCUT2D eigenvalue weighted by atomic mass is 9.81. The van der Waals surface area contributed by atoms with E-state index in [4.69, 9.17) is 5.73 Å². The monoisotopic (exact) mass is 235 g/mol. The van der Waals surface area contributed by atoms with Crippen LogP contribution in [0.15, 0.2) is 18.3 Å². The minimum atomic E-state index is -0.154. The molecule has 0 aromatic carbocycles. The van der Waals surface area contributed by atoms with Crippen molar-refractivity contribution in [1.29, 1.82) is 0 Å². The van der Waals surface area contributed by atoms with Gasteiger partial charge in [0.25, 0.3) is 5.91 Å². The van der Waals surface area contributed by atoms with Crippen molar-refractivity contribution in [2.75, 3.05) is 12.3 Å². The van der Waals surface area contributed by atoms with Gasteiger partial charge in [0.05, 0.1) is 11.9 Å². The summed E-state index contributed by atoms with van der Waals surface area (Å²) in [4.78, 5) is 15.8. The Hall–Kier alpha value is -1.58. The molecule has 0 saturated heterocycles. The van der Waals surface area contributed by atoms with Crippen molar-refractivity contribution < 1.29 is 4.79 Å². The van der Waals surface area contributed by atoms with E-state index in [-0.39, 0.29) is 11.3 Å². The van der Waals surface area contributed by atoms with Crippen LogP contribution in [-0.4, -0.2) is 17.4 Å². The van der Waals surface area contributed by atoms with Gasteiger partial charge in [-0.25, -0.2) is 4.98 Å². The number of carbonyl (C=O) groups is 1. The van der Waals surface area contributed by atoms with Crippen molar-refractivity contribution in [3.63, 3.8) is 0 Å². The molecule has 17 heavy (non-hydrogen) atoms. The average molecular weight is 235 g/mol. The lowest BCUT2D eigenvalue weighted by molar-refractivity contribution is 0.0920. The normalized spacial score (nSPS) is 11.6. The fraction of sp³-hybridized carbons (Fsp3) is 0.538. The summed E-state index contributed by atoms with van der Waals surface area (Å²) in [7, 11) is 0. The van der Waals surface area contributed by atoms with Crippen LogP contribution in [0, 0.1) is 11.3 Å². The lowest BCUT2D eigenvalue weighted by Crippen LogP contribution is -2.37. The Morgan fingerprint density at radius 1 is 1.47 bits per heavy atom. The number of hydrogen-bond acceptors (Lipinski definition) is 3. The third-order valence-electron chi connectivity index (χ3n) is 3.29. The molecule has 0 bridgehead atoms. The highest BCUT2D eigenvalue weighted by Gasteiger charge is 2.23. The number of nitrogen functional groups attached to an aromatic ring is 1. The molecule has 1 rings (SSSR count). The number of rotatable bonds is 4. The Bertz CT molecular complexity index is 382. The molecule has 0 radical (unpaired) electrons. The third-order valence-corrected chi connectivity index (χ3v) is 3.29. The van der Waals surface area contributed by atoms with Crippen molar-refractivity contribution in [2.24, 2.45) is 11.3 Å². The maximum atomic E-state index is 11.8. The molecule has 3 N–H and O–H groups in total. The van der Waals surface area contributed by atoms with Gasteiger partial charge in [0.15, 0.2) is 0 Å². The molecular weight excluding hydrogens is 214 g/mol. The number of carbonyl (C=O) groups excluding carboxylic acids is 1.